The maximum absolute atomic E-state index is 15.4. The molecule has 5 nitrogen and oxygen atoms in total. The summed E-state index contributed by atoms with van der Waals surface area (Å²) in [6, 6.07) is 0. The fourth-order valence-electron chi connectivity index (χ4n) is 7.99. The van der Waals surface area contributed by atoms with Crippen molar-refractivity contribution in [2.75, 3.05) is 13.2 Å². The Hall–Kier alpha value is -1.37. The number of aliphatic hydroxyl groups excluding tert-OH is 1. The summed E-state index contributed by atoms with van der Waals surface area (Å²) in [4.78, 5) is 25.3. The predicted octanol–water partition coefficient (Wildman–Crippen LogP) is 3.97. The van der Waals surface area contributed by atoms with Crippen molar-refractivity contribution in [2.24, 2.45) is 34.5 Å². The van der Waals surface area contributed by atoms with E-state index in [1.807, 2.05) is 20.8 Å². The second-order valence-corrected chi connectivity index (χ2v) is 11.4. The lowest BCUT2D eigenvalue weighted by molar-refractivity contribution is -0.186. The largest absolute Gasteiger partial charge is 0.393 e. The monoisotopic (exact) mass is 462 g/mol. The molecule has 0 aromatic heterocycles. The van der Waals surface area contributed by atoms with E-state index in [0.29, 0.717) is 18.6 Å². The first kappa shape index (κ1) is 24.7. The van der Waals surface area contributed by atoms with Crippen LogP contribution in [0.4, 0.5) is 4.39 Å². The highest BCUT2D eigenvalue weighted by molar-refractivity contribution is 6.01. The van der Waals surface area contributed by atoms with Crippen LogP contribution >= 0.6 is 0 Å². The molecule has 3 unspecified atom stereocenters. The Morgan fingerprint density at radius 3 is 2.70 bits per heavy atom. The third-order valence-electron chi connectivity index (χ3n) is 9.61. The zero-order chi connectivity index (χ0) is 24.2. The zero-order valence-corrected chi connectivity index (χ0v) is 20.4. The highest BCUT2D eigenvalue weighted by Gasteiger charge is 2.71. The number of hydrogen-bond acceptors (Lipinski definition) is 5. The molecule has 3 fully saturated rings. The number of ketones is 2. The van der Waals surface area contributed by atoms with Crippen molar-refractivity contribution in [1.29, 1.82) is 0 Å². The molecular weight excluding hydrogens is 423 g/mol. The van der Waals surface area contributed by atoms with Gasteiger partial charge in [0.15, 0.2) is 11.6 Å². The fraction of sp³-hybridized carbons (Fsp3) is 0.778. The van der Waals surface area contributed by atoms with Crippen molar-refractivity contribution in [2.45, 2.75) is 84.1 Å². The Morgan fingerprint density at radius 1 is 1.27 bits per heavy atom. The van der Waals surface area contributed by atoms with Gasteiger partial charge in [0.05, 0.1) is 6.10 Å². The van der Waals surface area contributed by atoms with E-state index in [1.165, 1.54) is 12.2 Å². The summed E-state index contributed by atoms with van der Waals surface area (Å²) >= 11 is 0. The molecule has 0 radical (unpaired) electrons. The van der Waals surface area contributed by atoms with Crippen LogP contribution < -0.4 is 0 Å². The van der Waals surface area contributed by atoms with Gasteiger partial charge in [-0.15, -0.1) is 0 Å². The summed E-state index contributed by atoms with van der Waals surface area (Å²) in [6.07, 6.45) is 6.59. The van der Waals surface area contributed by atoms with Gasteiger partial charge in [0.25, 0.3) is 0 Å². The van der Waals surface area contributed by atoms with Gasteiger partial charge in [0, 0.05) is 23.4 Å². The van der Waals surface area contributed by atoms with Crippen LogP contribution in [0.3, 0.4) is 0 Å². The Morgan fingerprint density at radius 2 is 2.00 bits per heavy atom. The van der Waals surface area contributed by atoms with Gasteiger partial charge in [-0.2, -0.15) is 0 Å². The second-order valence-electron chi connectivity index (χ2n) is 11.4. The van der Waals surface area contributed by atoms with Crippen LogP contribution in [0.1, 0.15) is 66.2 Å². The number of alkyl halides is 1. The molecule has 184 valence electrons. The van der Waals surface area contributed by atoms with Gasteiger partial charge in [0.2, 0.25) is 0 Å². The number of halogens is 1. The van der Waals surface area contributed by atoms with E-state index in [-0.39, 0.29) is 54.7 Å². The van der Waals surface area contributed by atoms with Crippen LogP contribution in [0, 0.1) is 34.5 Å². The molecule has 4 aliphatic carbocycles. The number of ether oxygens (including phenoxy) is 1. The Labute approximate surface area is 196 Å². The molecule has 4 aliphatic rings. The number of Topliss-reactive ketones (excluding diaryl/α,β-unsaturated/α-hetero) is 1. The van der Waals surface area contributed by atoms with Gasteiger partial charge >= 0.3 is 0 Å². The van der Waals surface area contributed by atoms with E-state index in [2.05, 4.69) is 6.92 Å². The molecule has 9 atom stereocenters. The third-order valence-corrected chi connectivity index (χ3v) is 9.61. The third kappa shape index (κ3) is 3.59. The minimum Gasteiger partial charge on any atom is -0.393 e. The first-order chi connectivity index (χ1) is 15.5. The maximum Gasteiger partial charge on any atom is 0.190 e. The Balaban J connectivity index is 1.62. The molecule has 3 saturated carbocycles. The van der Waals surface area contributed by atoms with Gasteiger partial charge in [-0.05, 0) is 61.2 Å². The highest BCUT2D eigenvalue weighted by atomic mass is 19.1. The molecule has 0 saturated heterocycles. The van der Waals surface area contributed by atoms with E-state index in [4.69, 9.17) is 4.74 Å². The average molecular weight is 463 g/mol. The molecular formula is C27H39FO5. The lowest BCUT2D eigenvalue weighted by Crippen LogP contribution is -2.63. The summed E-state index contributed by atoms with van der Waals surface area (Å²) in [6.45, 7) is 8.15. The summed E-state index contributed by atoms with van der Waals surface area (Å²) < 4.78 is 21.1. The normalized spacial score (nSPS) is 46.4. The van der Waals surface area contributed by atoms with Crippen LogP contribution in [0.15, 0.2) is 23.8 Å². The van der Waals surface area contributed by atoms with Crippen molar-refractivity contribution in [3.63, 3.8) is 0 Å². The van der Waals surface area contributed by atoms with E-state index >= 15 is 4.39 Å². The number of unbranched alkanes of at least 4 members (excludes halogenated alkanes) is 2. The van der Waals surface area contributed by atoms with Crippen molar-refractivity contribution in [3.05, 3.63) is 23.8 Å². The molecule has 2 N–H and O–H groups in total. The van der Waals surface area contributed by atoms with Crippen molar-refractivity contribution in [3.8, 4) is 0 Å². The molecule has 0 spiro atoms. The van der Waals surface area contributed by atoms with E-state index in [1.54, 1.807) is 6.08 Å². The van der Waals surface area contributed by atoms with Gasteiger partial charge in [0.1, 0.15) is 18.4 Å². The van der Waals surface area contributed by atoms with Gasteiger partial charge < -0.3 is 14.9 Å². The van der Waals surface area contributed by atoms with Crippen LogP contribution in [-0.4, -0.2) is 52.9 Å². The number of aliphatic hydroxyl groups is 2. The van der Waals surface area contributed by atoms with Crippen LogP contribution in [0.25, 0.3) is 0 Å². The van der Waals surface area contributed by atoms with Crippen molar-refractivity contribution < 1.29 is 28.9 Å². The molecule has 0 aromatic rings. The molecule has 6 heteroatoms. The average Bonchev–Trinajstić information content (AvgIpc) is 2.96. The molecule has 0 heterocycles. The number of hydrogen-bond donors (Lipinski definition) is 2. The molecule has 33 heavy (non-hydrogen) atoms. The van der Waals surface area contributed by atoms with E-state index in [0.717, 1.165) is 19.3 Å². The maximum atomic E-state index is 15.4. The molecule has 4 rings (SSSR count). The predicted molar refractivity (Wildman–Crippen MR) is 123 cm³/mol. The fourth-order valence-corrected chi connectivity index (χ4v) is 7.99. The SMILES string of the molecule is CCCCCOCC(=O)[C@@]1(O)C(C)C[C@H]2[C@@H]3CC(F)C4=CC(=O)C=C[C@]4(C)[C@H]3C(O)C[C@@]21C. The summed E-state index contributed by atoms with van der Waals surface area (Å²) in [5, 5.41) is 23.3. The molecule has 0 amide bonds. The Bertz CT molecular complexity index is 867. The van der Waals surface area contributed by atoms with Crippen molar-refractivity contribution >= 4 is 11.6 Å². The number of fused-ring (bicyclic) bond motifs is 5. The highest BCUT2D eigenvalue weighted by Crippen LogP contribution is 2.68. The van der Waals surface area contributed by atoms with Crippen LogP contribution in [-0.2, 0) is 14.3 Å². The number of rotatable bonds is 7. The minimum atomic E-state index is -1.62. The topological polar surface area (TPSA) is 83.8 Å². The van der Waals surface area contributed by atoms with Crippen LogP contribution in [0.2, 0.25) is 0 Å². The standard InChI is InChI=1S/C27H39FO5/c1-5-6-7-10-33-15-23(31)27(32)16(2)11-19-18-13-21(28)20-12-17(29)8-9-25(20,3)24(18)22(30)14-26(19,27)4/h8-9,12,16,18-19,21-22,24,30,32H,5-7,10-11,13-15H2,1-4H3/t16?,18-,19-,21?,22?,24+,25-,26-,27-/m0/s1. The molecule has 0 aliphatic heterocycles. The first-order valence-corrected chi connectivity index (χ1v) is 12.6. The van der Waals surface area contributed by atoms with Crippen LogP contribution in [0.5, 0.6) is 0 Å². The lowest BCUT2D eigenvalue weighted by atomic mass is 9.46. The Kier molecular flexibility index (Phi) is 6.52. The second kappa shape index (κ2) is 8.69. The lowest BCUT2D eigenvalue weighted by Gasteiger charge is -2.60. The number of allylic oxidation sites excluding steroid dienone is 4. The zero-order valence-electron chi connectivity index (χ0n) is 20.4. The van der Waals surface area contributed by atoms with Gasteiger partial charge in [-0.25, -0.2) is 4.39 Å². The van der Waals surface area contributed by atoms with Gasteiger partial charge in [-0.3, -0.25) is 9.59 Å². The quantitative estimate of drug-likeness (QED) is 0.560. The van der Waals surface area contributed by atoms with E-state index < -0.39 is 28.7 Å². The van der Waals surface area contributed by atoms with Gasteiger partial charge in [-0.1, -0.05) is 46.6 Å². The molecule has 0 aromatic carbocycles. The molecule has 0 bridgehead atoms. The summed E-state index contributed by atoms with van der Waals surface area (Å²) in [7, 11) is 0. The van der Waals surface area contributed by atoms with E-state index in [9.17, 15) is 19.8 Å². The minimum absolute atomic E-state index is 0.0994. The smallest absolute Gasteiger partial charge is 0.190 e. The van der Waals surface area contributed by atoms with Crippen molar-refractivity contribution in [1.82, 2.24) is 0 Å². The first-order valence-electron chi connectivity index (χ1n) is 12.6. The summed E-state index contributed by atoms with van der Waals surface area (Å²) in [5.41, 5.74) is -2.76. The number of carbonyl (C=O) groups excluding carboxylic acids is 2. The summed E-state index contributed by atoms with van der Waals surface area (Å²) in [5.74, 6) is -1.40. The number of carbonyl (C=O) groups is 2.